The third kappa shape index (κ3) is 2.87. The van der Waals surface area contributed by atoms with Crippen molar-refractivity contribution in [3.8, 4) is 0 Å². The van der Waals surface area contributed by atoms with Gasteiger partial charge in [-0.1, -0.05) is 6.92 Å². The Morgan fingerprint density at radius 3 is 2.95 bits per heavy atom. The predicted molar refractivity (Wildman–Crippen MR) is 80.6 cm³/mol. The van der Waals surface area contributed by atoms with Gasteiger partial charge in [-0.2, -0.15) is 14.6 Å². The molecule has 8 nitrogen and oxygen atoms in total. The molecule has 0 radical (unpaired) electrons. The Balaban J connectivity index is 1.79. The molecule has 0 spiro atoms. The second-order valence-electron chi connectivity index (χ2n) is 5.26. The molecule has 1 amide bonds. The number of hydrogen-bond acceptors (Lipinski definition) is 6. The number of carbonyl (C=O) groups is 1. The molecule has 0 aliphatic carbocycles. The molecule has 1 saturated heterocycles. The lowest BCUT2D eigenvalue weighted by molar-refractivity contribution is -0.135. The molecular weight excluding hydrogens is 284 g/mol. The third-order valence-electron chi connectivity index (χ3n) is 3.72. The van der Waals surface area contributed by atoms with E-state index in [1.165, 1.54) is 6.33 Å². The van der Waals surface area contributed by atoms with Crippen molar-refractivity contribution < 1.29 is 9.53 Å². The zero-order valence-electron chi connectivity index (χ0n) is 12.8. The highest BCUT2D eigenvalue weighted by molar-refractivity contribution is 5.84. The number of rotatable bonds is 4. The summed E-state index contributed by atoms with van der Waals surface area (Å²) >= 11 is 0. The van der Waals surface area contributed by atoms with Crippen LogP contribution in [-0.2, 0) is 16.0 Å². The summed E-state index contributed by atoms with van der Waals surface area (Å²) in [6.45, 7) is 6.36. The van der Waals surface area contributed by atoms with E-state index in [2.05, 4.69) is 20.4 Å². The SMILES string of the molecule is CCc1cc(N[C@H](C)C(=O)N2CCOCC2)n2ncnc2n1. The maximum absolute atomic E-state index is 12.5. The number of nitrogens with one attached hydrogen (secondary N) is 1. The molecule has 3 heterocycles. The summed E-state index contributed by atoms with van der Waals surface area (Å²) in [5.41, 5.74) is 0.911. The molecule has 1 aliphatic rings. The van der Waals surface area contributed by atoms with E-state index in [9.17, 15) is 4.79 Å². The largest absolute Gasteiger partial charge is 0.378 e. The normalized spacial score (nSPS) is 16.7. The standard InChI is InChI=1S/C14H20N6O2/c1-3-11-8-12(20-14(18-11)15-9-16-20)17-10(2)13(21)19-4-6-22-7-5-19/h8-10,17H,3-7H2,1-2H3/t10-/m1/s1. The first kappa shape index (κ1) is 14.7. The maximum Gasteiger partial charge on any atom is 0.254 e. The molecule has 3 rings (SSSR count). The molecule has 2 aromatic rings. The van der Waals surface area contributed by atoms with E-state index in [1.807, 2.05) is 24.8 Å². The minimum atomic E-state index is -0.349. The number of anilines is 1. The van der Waals surface area contributed by atoms with Gasteiger partial charge in [0.25, 0.3) is 5.78 Å². The minimum Gasteiger partial charge on any atom is -0.378 e. The van der Waals surface area contributed by atoms with E-state index in [-0.39, 0.29) is 11.9 Å². The molecule has 118 valence electrons. The van der Waals surface area contributed by atoms with Crippen molar-refractivity contribution in [1.29, 1.82) is 0 Å². The van der Waals surface area contributed by atoms with Crippen molar-refractivity contribution in [3.63, 3.8) is 0 Å². The van der Waals surface area contributed by atoms with Crippen LogP contribution in [0.3, 0.4) is 0 Å². The summed E-state index contributed by atoms with van der Waals surface area (Å²) in [5.74, 6) is 1.33. The predicted octanol–water partition coefficient (Wildman–Crippen LogP) is 0.346. The fourth-order valence-electron chi connectivity index (χ4n) is 2.49. The van der Waals surface area contributed by atoms with Crippen LogP contribution in [0.25, 0.3) is 5.78 Å². The van der Waals surface area contributed by atoms with Crippen LogP contribution in [0.5, 0.6) is 0 Å². The zero-order valence-corrected chi connectivity index (χ0v) is 12.8. The van der Waals surface area contributed by atoms with Gasteiger partial charge >= 0.3 is 0 Å². The highest BCUT2D eigenvalue weighted by Crippen LogP contribution is 2.13. The van der Waals surface area contributed by atoms with Gasteiger partial charge in [0, 0.05) is 24.8 Å². The van der Waals surface area contributed by atoms with Crippen LogP contribution >= 0.6 is 0 Å². The zero-order chi connectivity index (χ0) is 15.5. The summed E-state index contributed by atoms with van der Waals surface area (Å²) in [7, 11) is 0. The van der Waals surface area contributed by atoms with Gasteiger partial charge in [0.05, 0.1) is 13.2 Å². The van der Waals surface area contributed by atoms with Crippen molar-refractivity contribution >= 4 is 17.5 Å². The van der Waals surface area contributed by atoms with E-state index in [4.69, 9.17) is 4.74 Å². The molecule has 0 saturated carbocycles. The number of amides is 1. The highest BCUT2D eigenvalue weighted by Gasteiger charge is 2.23. The van der Waals surface area contributed by atoms with Gasteiger partial charge in [-0.15, -0.1) is 0 Å². The molecule has 1 N–H and O–H groups in total. The lowest BCUT2D eigenvalue weighted by Gasteiger charge is -2.29. The Hall–Kier alpha value is -2.22. The number of ether oxygens (including phenoxy) is 1. The molecule has 8 heteroatoms. The Labute approximate surface area is 128 Å². The highest BCUT2D eigenvalue weighted by atomic mass is 16.5. The van der Waals surface area contributed by atoms with Crippen LogP contribution in [0.4, 0.5) is 5.82 Å². The molecule has 2 aromatic heterocycles. The third-order valence-corrected chi connectivity index (χ3v) is 3.72. The van der Waals surface area contributed by atoms with Crippen LogP contribution in [-0.4, -0.2) is 62.7 Å². The summed E-state index contributed by atoms with van der Waals surface area (Å²) in [6, 6.07) is 1.56. The number of carbonyl (C=O) groups excluding carboxylic acids is 1. The van der Waals surface area contributed by atoms with E-state index in [0.717, 1.165) is 17.9 Å². The van der Waals surface area contributed by atoms with Crippen molar-refractivity contribution in [1.82, 2.24) is 24.5 Å². The van der Waals surface area contributed by atoms with Gasteiger partial charge < -0.3 is 15.0 Å². The topological polar surface area (TPSA) is 84.7 Å². The van der Waals surface area contributed by atoms with Gasteiger partial charge in [-0.25, -0.2) is 4.98 Å². The van der Waals surface area contributed by atoms with Gasteiger partial charge in [-0.05, 0) is 13.3 Å². The molecule has 0 bridgehead atoms. The van der Waals surface area contributed by atoms with Crippen molar-refractivity contribution in [3.05, 3.63) is 18.1 Å². The summed E-state index contributed by atoms with van der Waals surface area (Å²) in [6.07, 6.45) is 2.26. The Kier molecular flexibility index (Phi) is 4.19. The van der Waals surface area contributed by atoms with E-state index in [1.54, 1.807) is 4.52 Å². The molecule has 1 fully saturated rings. The fraction of sp³-hybridized carbons (Fsp3) is 0.571. The van der Waals surface area contributed by atoms with Crippen LogP contribution < -0.4 is 5.32 Å². The van der Waals surface area contributed by atoms with Gasteiger partial charge in [0.1, 0.15) is 18.2 Å². The van der Waals surface area contributed by atoms with Crippen LogP contribution in [0, 0.1) is 0 Å². The van der Waals surface area contributed by atoms with Gasteiger partial charge in [-0.3, -0.25) is 4.79 Å². The number of hydrogen-bond donors (Lipinski definition) is 1. The fourth-order valence-corrected chi connectivity index (χ4v) is 2.49. The number of nitrogens with zero attached hydrogens (tertiary/aromatic N) is 5. The first-order valence-corrected chi connectivity index (χ1v) is 7.51. The first-order chi connectivity index (χ1) is 10.7. The van der Waals surface area contributed by atoms with Crippen molar-refractivity contribution in [2.75, 3.05) is 31.6 Å². The smallest absolute Gasteiger partial charge is 0.254 e. The van der Waals surface area contributed by atoms with Crippen molar-refractivity contribution in [2.24, 2.45) is 0 Å². The molecule has 22 heavy (non-hydrogen) atoms. The van der Waals surface area contributed by atoms with E-state index >= 15 is 0 Å². The lowest BCUT2D eigenvalue weighted by Crippen LogP contribution is -2.47. The monoisotopic (exact) mass is 304 g/mol. The second kappa shape index (κ2) is 6.27. The number of aromatic nitrogens is 4. The van der Waals surface area contributed by atoms with Crippen LogP contribution in [0.1, 0.15) is 19.5 Å². The number of morpholine rings is 1. The molecule has 0 aromatic carbocycles. The first-order valence-electron chi connectivity index (χ1n) is 7.51. The average Bonchev–Trinajstić information content (AvgIpc) is 3.03. The number of aryl methyl sites for hydroxylation is 1. The molecular formula is C14H20N6O2. The summed E-state index contributed by atoms with van der Waals surface area (Å²) < 4.78 is 6.89. The van der Waals surface area contributed by atoms with Crippen LogP contribution in [0.15, 0.2) is 12.4 Å². The van der Waals surface area contributed by atoms with E-state index < -0.39 is 0 Å². The average molecular weight is 304 g/mol. The minimum absolute atomic E-state index is 0.0615. The maximum atomic E-state index is 12.5. The summed E-state index contributed by atoms with van der Waals surface area (Å²) in [4.78, 5) is 22.8. The van der Waals surface area contributed by atoms with Crippen molar-refractivity contribution in [2.45, 2.75) is 26.3 Å². The van der Waals surface area contributed by atoms with Gasteiger partial charge in [0.2, 0.25) is 5.91 Å². The molecule has 1 atom stereocenters. The number of fused-ring (bicyclic) bond motifs is 1. The Morgan fingerprint density at radius 1 is 1.45 bits per heavy atom. The molecule has 1 aliphatic heterocycles. The quantitative estimate of drug-likeness (QED) is 0.877. The van der Waals surface area contributed by atoms with E-state index in [0.29, 0.717) is 32.1 Å². The molecule has 0 unspecified atom stereocenters. The van der Waals surface area contributed by atoms with Gasteiger partial charge in [0.15, 0.2) is 0 Å². The summed E-state index contributed by atoms with van der Waals surface area (Å²) in [5, 5.41) is 7.39. The van der Waals surface area contributed by atoms with Crippen LogP contribution in [0.2, 0.25) is 0 Å². The lowest BCUT2D eigenvalue weighted by atomic mass is 10.2. The second-order valence-corrected chi connectivity index (χ2v) is 5.26. The Bertz CT molecular complexity index is 664. The Morgan fingerprint density at radius 2 is 2.23 bits per heavy atom.